The smallest absolute Gasteiger partial charge is 0.138 e. The first kappa shape index (κ1) is 9.99. The van der Waals surface area contributed by atoms with Crippen LogP contribution < -0.4 is 0 Å². The summed E-state index contributed by atoms with van der Waals surface area (Å²) in [5.74, 6) is 0.461. The van der Waals surface area contributed by atoms with Crippen molar-refractivity contribution in [3.05, 3.63) is 24.2 Å². The number of carbonyl (C=O) groups excluding carboxylic acids is 1. The molecular formula is C10H14O3. The van der Waals surface area contributed by atoms with E-state index in [1.54, 1.807) is 12.1 Å². The fraction of sp³-hybridized carbons (Fsp3) is 0.500. The van der Waals surface area contributed by atoms with Crippen LogP contribution in [0.2, 0.25) is 0 Å². The lowest BCUT2D eigenvalue weighted by atomic mass is 10.0. The van der Waals surface area contributed by atoms with E-state index in [-0.39, 0.29) is 18.1 Å². The summed E-state index contributed by atoms with van der Waals surface area (Å²) in [4.78, 5) is 11.2. The molecule has 0 saturated heterocycles. The molecule has 0 amide bonds. The molecule has 1 atom stereocenters. The van der Waals surface area contributed by atoms with Gasteiger partial charge in [0, 0.05) is 12.3 Å². The molecule has 0 saturated carbocycles. The fourth-order valence-corrected chi connectivity index (χ4v) is 1.01. The summed E-state index contributed by atoms with van der Waals surface area (Å²) in [6.07, 6.45) is 0.814. The van der Waals surface area contributed by atoms with Gasteiger partial charge in [-0.05, 0) is 12.1 Å². The average Bonchev–Trinajstić information content (AvgIpc) is 2.55. The predicted molar refractivity (Wildman–Crippen MR) is 48.1 cm³/mol. The van der Waals surface area contributed by atoms with Gasteiger partial charge in [-0.25, -0.2) is 0 Å². The van der Waals surface area contributed by atoms with E-state index in [1.807, 2.05) is 13.8 Å². The Kier molecular flexibility index (Phi) is 3.25. The second-order valence-corrected chi connectivity index (χ2v) is 3.36. The molecule has 1 unspecified atom stereocenters. The molecule has 0 fully saturated rings. The summed E-state index contributed by atoms with van der Waals surface area (Å²) in [6.45, 7) is 3.63. The topological polar surface area (TPSA) is 50.4 Å². The van der Waals surface area contributed by atoms with Gasteiger partial charge in [0.1, 0.15) is 17.6 Å². The molecule has 1 heterocycles. The van der Waals surface area contributed by atoms with E-state index >= 15 is 0 Å². The van der Waals surface area contributed by atoms with Gasteiger partial charge in [0.2, 0.25) is 0 Å². The molecule has 0 spiro atoms. The number of aliphatic hydroxyl groups excluding tert-OH is 1. The number of aliphatic hydroxyl groups is 1. The van der Waals surface area contributed by atoms with E-state index in [0.29, 0.717) is 5.76 Å². The maximum atomic E-state index is 11.2. The van der Waals surface area contributed by atoms with Gasteiger partial charge >= 0.3 is 0 Å². The lowest BCUT2D eigenvalue weighted by Gasteiger charge is -2.08. The minimum Gasteiger partial charge on any atom is -0.467 e. The number of furan rings is 1. The predicted octanol–water partition coefficient (Wildman–Crippen LogP) is 1.93. The van der Waals surface area contributed by atoms with E-state index in [4.69, 9.17) is 4.42 Å². The Labute approximate surface area is 77.4 Å². The van der Waals surface area contributed by atoms with Crippen LogP contribution in [0.25, 0.3) is 0 Å². The van der Waals surface area contributed by atoms with Crippen molar-refractivity contribution in [1.29, 1.82) is 0 Å². The quantitative estimate of drug-likeness (QED) is 0.774. The van der Waals surface area contributed by atoms with Crippen LogP contribution in [0.4, 0.5) is 0 Å². The van der Waals surface area contributed by atoms with Crippen molar-refractivity contribution in [3.8, 4) is 0 Å². The van der Waals surface area contributed by atoms with Gasteiger partial charge < -0.3 is 9.52 Å². The number of ketones is 1. The molecule has 13 heavy (non-hydrogen) atoms. The molecule has 0 aliphatic heterocycles. The van der Waals surface area contributed by atoms with Crippen molar-refractivity contribution in [2.24, 2.45) is 5.92 Å². The zero-order chi connectivity index (χ0) is 9.84. The number of Topliss-reactive ketones (excluding diaryl/α,β-unsaturated/α-hetero) is 1. The number of rotatable bonds is 4. The minimum absolute atomic E-state index is 0.0374. The largest absolute Gasteiger partial charge is 0.467 e. The third-order valence-corrected chi connectivity index (χ3v) is 1.91. The Bertz CT molecular complexity index is 262. The summed E-state index contributed by atoms with van der Waals surface area (Å²) < 4.78 is 4.97. The minimum atomic E-state index is -0.801. The molecule has 0 aliphatic rings. The van der Waals surface area contributed by atoms with Crippen molar-refractivity contribution >= 4 is 5.78 Å². The van der Waals surface area contributed by atoms with Crippen molar-refractivity contribution in [1.82, 2.24) is 0 Å². The Morgan fingerprint density at radius 2 is 2.31 bits per heavy atom. The van der Waals surface area contributed by atoms with Crippen LogP contribution in [-0.4, -0.2) is 10.9 Å². The van der Waals surface area contributed by atoms with Gasteiger partial charge in [0.25, 0.3) is 0 Å². The van der Waals surface area contributed by atoms with E-state index < -0.39 is 6.10 Å². The fourth-order valence-electron chi connectivity index (χ4n) is 1.01. The van der Waals surface area contributed by atoms with E-state index in [9.17, 15) is 9.90 Å². The van der Waals surface area contributed by atoms with Crippen LogP contribution in [0.1, 0.15) is 32.1 Å². The van der Waals surface area contributed by atoms with E-state index in [2.05, 4.69) is 0 Å². The molecule has 0 aliphatic carbocycles. The van der Waals surface area contributed by atoms with Crippen LogP contribution in [0.5, 0.6) is 0 Å². The first-order valence-electron chi connectivity index (χ1n) is 4.35. The third kappa shape index (κ3) is 2.70. The van der Waals surface area contributed by atoms with Crippen LogP contribution in [0.3, 0.4) is 0 Å². The lowest BCUT2D eigenvalue weighted by Crippen LogP contribution is -2.11. The summed E-state index contributed by atoms with van der Waals surface area (Å²) in [7, 11) is 0. The standard InChI is InChI=1S/C10H14O3/c1-7(2)8(11)6-9(12)10-4-3-5-13-10/h3-5,7,9,12H,6H2,1-2H3. The molecule has 72 valence electrons. The van der Waals surface area contributed by atoms with Gasteiger partial charge in [0.15, 0.2) is 0 Å². The normalized spacial score (nSPS) is 13.2. The Balaban J connectivity index is 2.51. The van der Waals surface area contributed by atoms with Crippen molar-refractivity contribution < 1.29 is 14.3 Å². The molecule has 0 aromatic carbocycles. The molecule has 3 heteroatoms. The monoisotopic (exact) mass is 182 g/mol. The molecule has 1 N–H and O–H groups in total. The van der Waals surface area contributed by atoms with Gasteiger partial charge in [-0.1, -0.05) is 13.8 Å². The van der Waals surface area contributed by atoms with E-state index in [0.717, 1.165) is 0 Å². The van der Waals surface area contributed by atoms with Gasteiger partial charge in [-0.15, -0.1) is 0 Å². The van der Waals surface area contributed by atoms with Gasteiger partial charge in [-0.3, -0.25) is 4.79 Å². The van der Waals surface area contributed by atoms with Crippen molar-refractivity contribution in [2.45, 2.75) is 26.4 Å². The van der Waals surface area contributed by atoms with Crippen LogP contribution in [0.15, 0.2) is 22.8 Å². The lowest BCUT2D eigenvalue weighted by molar-refractivity contribution is -0.124. The summed E-state index contributed by atoms with van der Waals surface area (Å²) in [6, 6.07) is 3.36. The summed E-state index contributed by atoms with van der Waals surface area (Å²) in [5.41, 5.74) is 0. The first-order chi connectivity index (χ1) is 6.11. The Morgan fingerprint density at radius 3 is 2.77 bits per heavy atom. The molecule has 0 bridgehead atoms. The number of hydrogen-bond donors (Lipinski definition) is 1. The summed E-state index contributed by atoms with van der Waals surface area (Å²) in [5, 5.41) is 9.51. The summed E-state index contributed by atoms with van der Waals surface area (Å²) >= 11 is 0. The maximum absolute atomic E-state index is 11.2. The highest BCUT2D eigenvalue weighted by molar-refractivity contribution is 5.80. The molecule has 1 aromatic heterocycles. The second-order valence-electron chi connectivity index (χ2n) is 3.36. The third-order valence-electron chi connectivity index (χ3n) is 1.91. The van der Waals surface area contributed by atoms with E-state index in [1.165, 1.54) is 6.26 Å². The Morgan fingerprint density at radius 1 is 1.62 bits per heavy atom. The highest BCUT2D eigenvalue weighted by Crippen LogP contribution is 2.18. The maximum Gasteiger partial charge on any atom is 0.138 e. The molecule has 1 aromatic rings. The van der Waals surface area contributed by atoms with Gasteiger partial charge in [0.05, 0.1) is 6.26 Å². The van der Waals surface area contributed by atoms with Crippen LogP contribution in [-0.2, 0) is 4.79 Å². The highest BCUT2D eigenvalue weighted by Gasteiger charge is 2.16. The zero-order valence-corrected chi connectivity index (χ0v) is 7.86. The average molecular weight is 182 g/mol. The molecule has 3 nitrogen and oxygen atoms in total. The molecule has 0 radical (unpaired) electrons. The van der Waals surface area contributed by atoms with Gasteiger partial charge in [-0.2, -0.15) is 0 Å². The molecule has 1 rings (SSSR count). The van der Waals surface area contributed by atoms with Crippen LogP contribution >= 0.6 is 0 Å². The first-order valence-corrected chi connectivity index (χ1v) is 4.35. The number of hydrogen-bond acceptors (Lipinski definition) is 3. The Hall–Kier alpha value is -1.09. The van der Waals surface area contributed by atoms with Crippen LogP contribution in [0, 0.1) is 5.92 Å². The van der Waals surface area contributed by atoms with Crippen molar-refractivity contribution in [2.75, 3.05) is 0 Å². The zero-order valence-electron chi connectivity index (χ0n) is 7.86. The highest BCUT2D eigenvalue weighted by atomic mass is 16.4. The number of carbonyl (C=O) groups is 1. The van der Waals surface area contributed by atoms with Crippen molar-refractivity contribution in [3.63, 3.8) is 0 Å². The SMILES string of the molecule is CC(C)C(=O)CC(O)c1ccco1. The molecular weight excluding hydrogens is 168 g/mol. The second kappa shape index (κ2) is 4.23.